The molecule has 18 heavy (non-hydrogen) atoms. The molecule has 0 spiro atoms. The molecular weight excluding hydrogens is 228 g/mol. The Morgan fingerprint density at radius 2 is 2.06 bits per heavy atom. The number of nitrogens with zero attached hydrogens (tertiary/aromatic N) is 1. The van der Waals surface area contributed by atoms with Gasteiger partial charge in [-0.1, -0.05) is 30.3 Å². The van der Waals surface area contributed by atoms with E-state index >= 15 is 0 Å². The van der Waals surface area contributed by atoms with Gasteiger partial charge < -0.3 is 10.5 Å². The van der Waals surface area contributed by atoms with E-state index in [4.69, 9.17) is 10.5 Å². The number of carbonyl (C=O) groups excluding carboxylic acids is 1. The fourth-order valence-corrected chi connectivity index (χ4v) is 1.81. The van der Waals surface area contributed by atoms with Crippen LogP contribution in [0.25, 0.3) is 0 Å². The molecule has 2 N–H and O–H groups in total. The Morgan fingerprint density at radius 1 is 1.39 bits per heavy atom. The highest BCUT2D eigenvalue weighted by atomic mass is 16.5. The maximum Gasteiger partial charge on any atom is 0.323 e. The lowest BCUT2D eigenvalue weighted by atomic mass is 10.2. The average molecular weight is 250 g/mol. The van der Waals surface area contributed by atoms with E-state index < -0.39 is 0 Å². The van der Waals surface area contributed by atoms with Gasteiger partial charge in [0.2, 0.25) is 0 Å². The van der Waals surface area contributed by atoms with Gasteiger partial charge in [-0.3, -0.25) is 9.69 Å². The summed E-state index contributed by atoms with van der Waals surface area (Å²) in [5, 5.41) is 0. The molecule has 0 aromatic heterocycles. The van der Waals surface area contributed by atoms with Crippen molar-refractivity contribution in [2.45, 2.75) is 26.4 Å². The van der Waals surface area contributed by atoms with E-state index in [-0.39, 0.29) is 12.0 Å². The van der Waals surface area contributed by atoms with E-state index in [2.05, 4.69) is 0 Å². The average Bonchev–Trinajstić information content (AvgIpc) is 2.39. The smallest absolute Gasteiger partial charge is 0.323 e. The third-order valence-corrected chi connectivity index (χ3v) is 2.82. The van der Waals surface area contributed by atoms with E-state index in [9.17, 15) is 4.79 Å². The highest BCUT2D eigenvalue weighted by molar-refractivity contribution is 5.75. The summed E-state index contributed by atoms with van der Waals surface area (Å²) in [6, 6.07) is 9.78. The first-order chi connectivity index (χ1) is 8.69. The van der Waals surface area contributed by atoms with Crippen LogP contribution in [0.2, 0.25) is 0 Å². The molecule has 1 unspecified atom stereocenters. The number of hydrogen-bond donors (Lipinski definition) is 1. The van der Waals surface area contributed by atoms with E-state index in [0.717, 1.165) is 0 Å². The molecule has 0 saturated heterocycles. The topological polar surface area (TPSA) is 55.6 Å². The zero-order chi connectivity index (χ0) is 13.4. The van der Waals surface area contributed by atoms with Crippen molar-refractivity contribution in [2.75, 3.05) is 19.7 Å². The normalized spacial score (nSPS) is 12.4. The summed E-state index contributed by atoms with van der Waals surface area (Å²) in [5.41, 5.74) is 6.77. The predicted octanol–water partition coefficient (Wildman–Crippen LogP) is 1.40. The van der Waals surface area contributed by atoms with Crippen LogP contribution >= 0.6 is 0 Å². The molecule has 1 rings (SSSR count). The molecule has 0 radical (unpaired) electrons. The van der Waals surface area contributed by atoms with Crippen LogP contribution in [0.5, 0.6) is 0 Å². The molecular formula is C14H22N2O2. The third kappa shape index (κ3) is 4.47. The van der Waals surface area contributed by atoms with Crippen molar-refractivity contribution in [3.05, 3.63) is 35.9 Å². The number of nitrogens with two attached hydrogens (primary N) is 1. The van der Waals surface area contributed by atoms with Crippen molar-refractivity contribution in [2.24, 2.45) is 5.73 Å². The Labute approximate surface area is 109 Å². The van der Waals surface area contributed by atoms with Gasteiger partial charge >= 0.3 is 5.97 Å². The van der Waals surface area contributed by atoms with Crippen LogP contribution in [-0.2, 0) is 16.1 Å². The fourth-order valence-electron chi connectivity index (χ4n) is 1.81. The maximum atomic E-state index is 11.7. The number of ether oxygens (including phenoxy) is 1. The van der Waals surface area contributed by atoms with Crippen LogP contribution in [0.1, 0.15) is 19.4 Å². The van der Waals surface area contributed by atoms with Crippen LogP contribution in [0.15, 0.2) is 30.3 Å². The largest absolute Gasteiger partial charge is 0.465 e. The third-order valence-electron chi connectivity index (χ3n) is 2.82. The molecule has 0 aliphatic heterocycles. The minimum Gasteiger partial charge on any atom is -0.465 e. The van der Waals surface area contributed by atoms with Crippen LogP contribution in [0, 0.1) is 0 Å². The summed E-state index contributed by atoms with van der Waals surface area (Å²) in [7, 11) is 0. The molecule has 4 heteroatoms. The molecule has 0 saturated carbocycles. The number of hydrogen-bond acceptors (Lipinski definition) is 4. The van der Waals surface area contributed by atoms with Gasteiger partial charge in [-0.15, -0.1) is 0 Å². The van der Waals surface area contributed by atoms with Gasteiger partial charge in [0.15, 0.2) is 0 Å². The molecule has 0 amide bonds. The standard InChI is InChI=1S/C14H22N2O2/c1-3-18-14(17)12(2)16(10-9-15)11-13-7-5-4-6-8-13/h4-8,12H,3,9-11,15H2,1-2H3. The molecule has 0 aliphatic carbocycles. The SMILES string of the molecule is CCOC(=O)C(C)N(CCN)Cc1ccccc1. The Hall–Kier alpha value is -1.39. The Bertz CT molecular complexity index is 354. The molecule has 1 atom stereocenters. The van der Waals surface area contributed by atoms with Crippen molar-refractivity contribution in [3.63, 3.8) is 0 Å². The van der Waals surface area contributed by atoms with Crippen molar-refractivity contribution >= 4 is 5.97 Å². The molecule has 0 bridgehead atoms. The number of esters is 1. The minimum atomic E-state index is -0.270. The van der Waals surface area contributed by atoms with E-state index in [1.165, 1.54) is 5.56 Å². The van der Waals surface area contributed by atoms with E-state index in [1.807, 2.05) is 49.1 Å². The lowest BCUT2D eigenvalue weighted by Gasteiger charge is -2.27. The second-order valence-electron chi connectivity index (χ2n) is 4.17. The maximum absolute atomic E-state index is 11.7. The Kier molecular flexibility index (Phi) is 6.39. The Morgan fingerprint density at radius 3 is 2.61 bits per heavy atom. The van der Waals surface area contributed by atoms with Crippen molar-refractivity contribution < 1.29 is 9.53 Å². The first kappa shape index (κ1) is 14.7. The van der Waals surface area contributed by atoms with Crippen LogP contribution < -0.4 is 5.73 Å². The van der Waals surface area contributed by atoms with E-state index in [0.29, 0.717) is 26.2 Å². The zero-order valence-corrected chi connectivity index (χ0v) is 11.1. The van der Waals surface area contributed by atoms with Crippen molar-refractivity contribution in [1.29, 1.82) is 0 Å². The van der Waals surface area contributed by atoms with Crippen molar-refractivity contribution in [3.8, 4) is 0 Å². The summed E-state index contributed by atoms with van der Waals surface area (Å²) in [5.74, 6) is -0.193. The van der Waals surface area contributed by atoms with Gasteiger partial charge in [-0.05, 0) is 19.4 Å². The number of rotatable bonds is 7. The molecule has 0 aliphatic rings. The first-order valence-electron chi connectivity index (χ1n) is 6.33. The monoisotopic (exact) mass is 250 g/mol. The lowest BCUT2D eigenvalue weighted by molar-refractivity contribution is -0.149. The van der Waals surface area contributed by atoms with Crippen LogP contribution in [-0.4, -0.2) is 36.6 Å². The van der Waals surface area contributed by atoms with Crippen LogP contribution in [0.3, 0.4) is 0 Å². The first-order valence-corrected chi connectivity index (χ1v) is 6.33. The second kappa shape index (κ2) is 7.84. The highest BCUT2D eigenvalue weighted by Gasteiger charge is 2.21. The summed E-state index contributed by atoms with van der Waals surface area (Å²) >= 11 is 0. The summed E-state index contributed by atoms with van der Waals surface area (Å²) in [4.78, 5) is 13.8. The van der Waals surface area contributed by atoms with Gasteiger partial charge in [0.1, 0.15) is 6.04 Å². The fraction of sp³-hybridized carbons (Fsp3) is 0.500. The quantitative estimate of drug-likeness (QED) is 0.743. The molecule has 1 aromatic rings. The Balaban J connectivity index is 2.67. The van der Waals surface area contributed by atoms with E-state index in [1.54, 1.807) is 0 Å². The molecule has 0 heterocycles. The van der Waals surface area contributed by atoms with Gasteiger partial charge in [0, 0.05) is 19.6 Å². The second-order valence-corrected chi connectivity index (χ2v) is 4.17. The van der Waals surface area contributed by atoms with Gasteiger partial charge in [-0.2, -0.15) is 0 Å². The predicted molar refractivity (Wildman–Crippen MR) is 72.0 cm³/mol. The minimum absolute atomic E-state index is 0.193. The summed E-state index contributed by atoms with van der Waals surface area (Å²) < 4.78 is 5.05. The van der Waals surface area contributed by atoms with Gasteiger partial charge in [0.05, 0.1) is 6.61 Å². The molecule has 0 fully saturated rings. The van der Waals surface area contributed by atoms with Gasteiger partial charge in [-0.25, -0.2) is 0 Å². The summed E-state index contributed by atoms with van der Waals surface area (Å²) in [6.45, 7) is 5.99. The summed E-state index contributed by atoms with van der Waals surface area (Å²) in [6.07, 6.45) is 0. The van der Waals surface area contributed by atoms with Crippen molar-refractivity contribution in [1.82, 2.24) is 4.90 Å². The zero-order valence-electron chi connectivity index (χ0n) is 11.1. The number of benzene rings is 1. The molecule has 4 nitrogen and oxygen atoms in total. The molecule has 1 aromatic carbocycles. The molecule has 100 valence electrons. The lowest BCUT2D eigenvalue weighted by Crippen LogP contribution is -2.42. The van der Waals surface area contributed by atoms with Crippen LogP contribution in [0.4, 0.5) is 0 Å². The highest BCUT2D eigenvalue weighted by Crippen LogP contribution is 2.09. The number of carbonyl (C=O) groups is 1. The van der Waals surface area contributed by atoms with Gasteiger partial charge in [0.25, 0.3) is 0 Å².